The van der Waals surface area contributed by atoms with E-state index in [4.69, 9.17) is 5.73 Å². The van der Waals surface area contributed by atoms with Gasteiger partial charge in [0.2, 0.25) is 0 Å². The number of anilines is 1. The third kappa shape index (κ3) is 0.900. The van der Waals surface area contributed by atoms with Crippen LogP contribution in [-0.2, 0) is 0 Å². The summed E-state index contributed by atoms with van der Waals surface area (Å²) in [4.78, 5) is 3.78. The monoisotopic (exact) mass is 110 g/mol. The van der Waals surface area contributed by atoms with E-state index in [9.17, 15) is 0 Å². The number of nitrogens with zero attached hydrogens (tertiary/aromatic N) is 3. The van der Waals surface area contributed by atoms with Crippen LogP contribution in [0, 0.1) is 6.92 Å². The van der Waals surface area contributed by atoms with Gasteiger partial charge in [-0.15, -0.1) is 5.10 Å². The molecule has 0 aliphatic heterocycles. The molecule has 0 aliphatic rings. The molecule has 0 aromatic carbocycles. The van der Waals surface area contributed by atoms with Crippen LogP contribution in [0.5, 0.6) is 0 Å². The molecular weight excluding hydrogens is 104 g/mol. The quantitative estimate of drug-likeness (QED) is 0.500. The van der Waals surface area contributed by atoms with E-state index in [1.54, 1.807) is 6.92 Å². The topological polar surface area (TPSA) is 64.7 Å². The molecule has 42 valence electrons. The van der Waals surface area contributed by atoms with Crippen molar-refractivity contribution >= 4 is 5.82 Å². The summed E-state index contributed by atoms with van der Waals surface area (Å²) in [6, 6.07) is 0. The number of aromatic nitrogens is 3. The first-order valence-electron chi connectivity index (χ1n) is 2.21. The summed E-state index contributed by atoms with van der Waals surface area (Å²) in [5.41, 5.74) is 5.24. The zero-order valence-corrected chi connectivity index (χ0v) is 4.50. The SMILES string of the molecule is Cc1nncc(N)n1. The molecule has 1 rings (SSSR count). The molecule has 0 fully saturated rings. The first kappa shape index (κ1) is 4.96. The van der Waals surface area contributed by atoms with Gasteiger partial charge < -0.3 is 5.73 Å². The van der Waals surface area contributed by atoms with Gasteiger partial charge in [0.1, 0.15) is 11.6 Å². The molecule has 4 heteroatoms. The first-order chi connectivity index (χ1) is 3.79. The minimum absolute atomic E-state index is 0.414. The molecule has 0 amide bonds. The summed E-state index contributed by atoms with van der Waals surface area (Å²) in [6.45, 7) is 1.74. The molecule has 0 unspecified atom stereocenters. The number of hydrogen-bond donors (Lipinski definition) is 1. The summed E-state index contributed by atoms with van der Waals surface area (Å²) >= 11 is 0. The van der Waals surface area contributed by atoms with Gasteiger partial charge >= 0.3 is 0 Å². The van der Waals surface area contributed by atoms with Crippen LogP contribution in [-0.4, -0.2) is 15.2 Å². The van der Waals surface area contributed by atoms with E-state index >= 15 is 0 Å². The predicted molar refractivity (Wildman–Crippen MR) is 29.0 cm³/mol. The van der Waals surface area contributed by atoms with Crippen molar-refractivity contribution in [2.75, 3.05) is 5.73 Å². The number of hydrogen-bond acceptors (Lipinski definition) is 4. The van der Waals surface area contributed by atoms with E-state index in [1.807, 2.05) is 0 Å². The summed E-state index contributed by atoms with van der Waals surface area (Å²) in [5.74, 6) is 1.02. The molecule has 1 aromatic rings. The summed E-state index contributed by atoms with van der Waals surface area (Å²) in [7, 11) is 0. The second-order valence-corrected chi connectivity index (χ2v) is 1.43. The van der Waals surface area contributed by atoms with Crippen LogP contribution in [0.3, 0.4) is 0 Å². The Balaban J connectivity index is 3.08. The minimum Gasteiger partial charge on any atom is -0.382 e. The van der Waals surface area contributed by atoms with E-state index in [-0.39, 0.29) is 0 Å². The normalized spacial score (nSPS) is 9.12. The predicted octanol–water partition coefficient (Wildman–Crippen LogP) is -0.238. The maximum Gasteiger partial charge on any atom is 0.150 e. The summed E-state index contributed by atoms with van der Waals surface area (Å²) < 4.78 is 0. The smallest absolute Gasteiger partial charge is 0.150 e. The second kappa shape index (κ2) is 1.73. The lowest BCUT2D eigenvalue weighted by Crippen LogP contribution is -1.95. The summed E-state index contributed by atoms with van der Waals surface area (Å²) in [6.07, 6.45) is 1.41. The molecule has 4 nitrogen and oxygen atoms in total. The highest BCUT2D eigenvalue weighted by molar-refractivity contribution is 5.20. The molecule has 0 bridgehead atoms. The third-order valence-electron chi connectivity index (χ3n) is 0.683. The molecule has 0 saturated carbocycles. The van der Waals surface area contributed by atoms with E-state index < -0.39 is 0 Å². The largest absolute Gasteiger partial charge is 0.382 e. The Morgan fingerprint density at radius 2 is 2.38 bits per heavy atom. The average molecular weight is 110 g/mol. The highest BCUT2D eigenvalue weighted by Gasteiger charge is 1.85. The van der Waals surface area contributed by atoms with Crippen molar-refractivity contribution in [2.45, 2.75) is 6.92 Å². The van der Waals surface area contributed by atoms with E-state index in [0.717, 1.165) is 0 Å². The molecule has 0 spiro atoms. The molecule has 8 heavy (non-hydrogen) atoms. The van der Waals surface area contributed by atoms with Gasteiger partial charge in [-0.2, -0.15) is 5.10 Å². The first-order valence-corrected chi connectivity index (χ1v) is 2.21. The van der Waals surface area contributed by atoms with Gasteiger partial charge in [-0.1, -0.05) is 0 Å². The molecule has 0 saturated heterocycles. The number of nitrogen functional groups attached to an aromatic ring is 1. The van der Waals surface area contributed by atoms with E-state index in [0.29, 0.717) is 11.6 Å². The number of rotatable bonds is 0. The van der Waals surface area contributed by atoms with Crippen molar-refractivity contribution in [3.05, 3.63) is 12.0 Å². The van der Waals surface area contributed by atoms with Gasteiger partial charge in [0, 0.05) is 0 Å². The van der Waals surface area contributed by atoms with Crippen LogP contribution >= 0.6 is 0 Å². The number of aryl methyl sites for hydroxylation is 1. The Bertz CT molecular complexity index is 168. The van der Waals surface area contributed by atoms with Crippen LogP contribution in [0.2, 0.25) is 0 Å². The lowest BCUT2D eigenvalue weighted by atomic mass is 10.7. The van der Waals surface area contributed by atoms with Gasteiger partial charge in [-0.3, -0.25) is 0 Å². The van der Waals surface area contributed by atoms with Gasteiger partial charge in [0.05, 0.1) is 6.20 Å². The van der Waals surface area contributed by atoms with Gasteiger partial charge in [0.15, 0.2) is 0 Å². The average Bonchev–Trinajstić information content (AvgIpc) is 1.64. The molecular formula is C4H6N4. The van der Waals surface area contributed by atoms with E-state index in [1.165, 1.54) is 6.20 Å². The molecule has 0 aliphatic carbocycles. The lowest BCUT2D eigenvalue weighted by Gasteiger charge is -1.88. The van der Waals surface area contributed by atoms with Crippen LogP contribution in [0.25, 0.3) is 0 Å². The van der Waals surface area contributed by atoms with Crippen LogP contribution in [0.15, 0.2) is 6.20 Å². The minimum atomic E-state index is 0.414. The molecule has 0 radical (unpaired) electrons. The van der Waals surface area contributed by atoms with Crippen LogP contribution in [0.1, 0.15) is 5.82 Å². The Labute approximate surface area is 46.8 Å². The summed E-state index contributed by atoms with van der Waals surface area (Å²) in [5, 5.41) is 7.15. The standard InChI is InChI=1S/C4H6N4/c1-3-7-4(5)2-6-8-3/h2H,1H3,(H2,5,7,8). The highest BCUT2D eigenvalue weighted by atomic mass is 15.2. The van der Waals surface area contributed by atoms with Crippen molar-refractivity contribution in [3.63, 3.8) is 0 Å². The zero-order valence-electron chi connectivity index (χ0n) is 4.50. The lowest BCUT2D eigenvalue weighted by molar-refractivity contribution is 0.914. The van der Waals surface area contributed by atoms with Gasteiger partial charge in [0.25, 0.3) is 0 Å². The van der Waals surface area contributed by atoms with Crippen molar-refractivity contribution in [1.82, 2.24) is 15.2 Å². The Morgan fingerprint density at radius 3 is 2.75 bits per heavy atom. The molecule has 1 aromatic heterocycles. The Hall–Kier alpha value is -1.19. The third-order valence-corrected chi connectivity index (χ3v) is 0.683. The van der Waals surface area contributed by atoms with Crippen LogP contribution in [0.4, 0.5) is 5.82 Å². The van der Waals surface area contributed by atoms with Gasteiger partial charge in [-0.05, 0) is 6.92 Å². The molecule has 1 heterocycles. The number of nitrogens with two attached hydrogens (primary N) is 1. The fraction of sp³-hybridized carbons (Fsp3) is 0.250. The Morgan fingerprint density at radius 1 is 1.62 bits per heavy atom. The fourth-order valence-electron chi connectivity index (χ4n) is 0.410. The maximum atomic E-state index is 5.24. The van der Waals surface area contributed by atoms with Gasteiger partial charge in [-0.25, -0.2) is 4.98 Å². The molecule has 0 atom stereocenters. The van der Waals surface area contributed by atoms with Crippen LogP contribution < -0.4 is 5.73 Å². The maximum absolute atomic E-state index is 5.24. The van der Waals surface area contributed by atoms with Crippen molar-refractivity contribution in [2.24, 2.45) is 0 Å². The Kier molecular flexibility index (Phi) is 1.07. The molecule has 2 N–H and O–H groups in total. The van der Waals surface area contributed by atoms with Crippen molar-refractivity contribution in [1.29, 1.82) is 0 Å². The second-order valence-electron chi connectivity index (χ2n) is 1.43. The zero-order chi connectivity index (χ0) is 5.98. The van der Waals surface area contributed by atoms with E-state index in [2.05, 4.69) is 15.2 Å². The van der Waals surface area contributed by atoms with Crippen molar-refractivity contribution in [3.8, 4) is 0 Å². The fourth-order valence-corrected chi connectivity index (χ4v) is 0.410. The highest BCUT2D eigenvalue weighted by Crippen LogP contribution is 1.88. The van der Waals surface area contributed by atoms with Crippen molar-refractivity contribution < 1.29 is 0 Å².